The second kappa shape index (κ2) is 9.81. The molecule has 1 heterocycles. The van der Waals surface area contributed by atoms with Gasteiger partial charge in [0.1, 0.15) is 22.3 Å². The average molecular weight is 442 g/mol. The third kappa shape index (κ3) is 6.24. The fourth-order valence-corrected chi connectivity index (χ4v) is 4.56. The summed E-state index contributed by atoms with van der Waals surface area (Å²) in [6.45, 7) is 3.28. The first-order valence-electron chi connectivity index (χ1n) is 8.67. The van der Waals surface area contributed by atoms with Crippen LogP contribution in [-0.2, 0) is 32.6 Å². The zero-order valence-corrected chi connectivity index (χ0v) is 18.1. The van der Waals surface area contributed by atoms with Crippen LogP contribution in [0.4, 0.5) is 0 Å². The van der Waals surface area contributed by atoms with E-state index in [1.807, 2.05) is 0 Å². The molecule has 1 amide bonds. The number of benzene rings is 1. The van der Waals surface area contributed by atoms with Crippen LogP contribution in [0.3, 0.4) is 0 Å². The summed E-state index contributed by atoms with van der Waals surface area (Å²) in [5, 5.41) is 4.81. The number of esters is 1. The van der Waals surface area contributed by atoms with Crippen LogP contribution < -0.4 is 14.8 Å². The standard InChI is InChI=1S/C18H23N3O6S2/c1-11(2)21-29(24,25)15-7-12(5-6-14(15)26-4)18(23)27-9-13-10-28-17(20-13)8-16(22)19-3/h5-7,10-11,21H,8-9H2,1-4H3,(H,19,22). The molecule has 0 spiro atoms. The number of amides is 1. The Morgan fingerprint density at radius 2 is 2.00 bits per heavy atom. The zero-order valence-electron chi connectivity index (χ0n) is 16.5. The number of thiazole rings is 1. The van der Waals surface area contributed by atoms with Crippen molar-refractivity contribution < 1.29 is 27.5 Å². The molecule has 2 aromatic rings. The number of carbonyl (C=O) groups is 2. The van der Waals surface area contributed by atoms with Crippen molar-refractivity contribution in [3.63, 3.8) is 0 Å². The number of methoxy groups -OCH3 is 1. The van der Waals surface area contributed by atoms with E-state index in [-0.39, 0.29) is 41.2 Å². The maximum absolute atomic E-state index is 12.5. The lowest BCUT2D eigenvalue weighted by molar-refractivity contribution is -0.119. The van der Waals surface area contributed by atoms with Gasteiger partial charge < -0.3 is 14.8 Å². The molecular weight excluding hydrogens is 418 g/mol. The van der Waals surface area contributed by atoms with E-state index < -0.39 is 16.0 Å². The largest absolute Gasteiger partial charge is 0.495 e. The molecular formula is C18H23N3O6S2. The Morgan fingerprint density at radius 3 is 2.62 bits per heavy atom. The maximum atomic E-state index is 12.5. The normalized spacial score (nSPS) is 11.3. The number of sulfonamides is 1. The summed E-state index contributed by atoms with van der Waals surface area (Å²) < 4.78 is 37.8. The van der Waals surface area contributed by atoms with Crippen LogP contribution in [0, 0.1) is 0 Å². The minimum Gasteiger partial charge on any atom is -0.495 e. The monoisotopic (exact) mass is 441 g/mol. The van der Waals surface area contributed by atoms with E-state index >= 15 is 0 Å². The predicted molar refractivity (Wildman–Crippen MR) is 107 cm³/mol. The number of nitrogens with zero attached hydrogens (tertiary/aromatic N) is 1. The molecule has 0 aliphatic heterocycles. The molecule has 0 atom stereocenters. The number of aromatic nitrogens is 1. The van der Waals surface area contributed by atoms with E-state index in [2.05, 4.69) is 15.0 Å². The number of nitrogens with one attached hydrogen (secondary N) is 2. The van der Waals surface area contributed by atoms with E-state index in [1.54, 1.807) is 26.3 Å². The van der Waals surface area contributed by atoms with Crippen molar-refractivity contribution in [3.8, 4) is 5.75 Å². The number of likely N-dealkylation sites (N-methyl/N-ethyl adjacent to an activating group) is 1. The topological polar surface area (TPSA) is 124 Å². The summed E-state index contributed by atoms with van der Waals surface area (Å²) in [5.74, 6) is -0.743. The molecule has 0 bridgehead atoms. The highest BCUT2D eigenvalue weighted by Crippen LogP contribution is 2.25. The van der Waals surface area contributed by atoms with Gasteiger partial charge in [-0.15, -0.1) is 11.3 Å². The van der Waals surface area contributed by atoms with Crippen LogP contribution >= 0.6 is 11.3 Å². The highest BCUT2D eigenvalue weighted by atomic mass is 32.2. The summed E-state index contributed by atoms with van der Waals surface area (Å²) >= 11 is 1.29. The predicted octanol–water partition coefficient (Wildman–Crippen LogP) is 1.48. The van der Waals surface area contributed by atoms with Gasteiger partial charge in [0.25, 0.3) is 0 Å². The fraction of sp³-hybridized carbons (Fsp3) is 0.389. The summed E-state index contributed by atoms with van der Waals surface area (Å²) in [5.41, 5.74) is 0.570. The van der Waals surface area contributed by atoms with E-state index in [0.717, 1.165) is 0 Å². The van der Waals surface area contributed by atoms with Crippen molar-refractivity contribution in [2.75, 3.05) is 14.2 Å². The molecule has 29 heavy (non-hydrogen) atoms. The van der Waals surface area contributed by atoms with Crippen molar-refractivity contribution in [2.45, 2.75) is 37.8 Å². The van der Waals surface area contributed by atoms with Crippen LogP contribution in [0.15, 0.2) is 28.5 Å². The smallest absolute Gasteiger partial charge is 0.338 e. The van der Waals surface area contributed by atoms with Gasteiger partial charge in [0, 0.05) is 18.5 Å². The van der Waals surface area contributed by atoms with Gasteiger partial charge in [0.15, 0.2) is 0 Å². The maximum Gasteiger partial charge on any atom is 0.338 e. The first kappa shape index (κ1) is 22.8. The second-order valence-electron chi connectivity index (χ2n) is 6.30. The Balaban J connectivity index is 2.13. The first-order chi connectivity index (χ1) is 13.7. The van der Waals surface area contributed by atoms with Crippen molar-refractivity contribution in [2.24, 2.45) is 0 Å². The molecule has 1 aromatic heterocycles. The Morgan fingerprint density at radius 1 is 1.28 bits per heavy atom. The molecule has 2 N–H and O–H groups in total. The van der Waals surface area contributed by atoms with Gasteiger partial charge in [0.05, 0.1) is 24.8 Å². The number of carbonyl (C=O) groups excluding carboxylic acids is 2. The van der Waals surface area contributed by atoms with Gasteiger partial charge in [-0.3, -0.25) is 4.79 Å². The number of hydrogen-bond acceptors (Lipinski definition) is 8. The Labute approximate surface area is 173 Å². The van der Waals surface area contributed by atoms with E-state index in [0.29, 0.717) is 10.7 Å². The molecule has 11 heteroatoms. The van der Waals surface area contributed by atoms with Gasteiger partial charge >= 0.3 is 5.97 Å². The highest BCUT2D eigenvalue weighted by Gasteiger charge is 2.23. The molecule has 158 valence electrons. The van der Waals surface area contributed by atoms with Crippen LogP contribution in [0.1, 0.15) is 34.9 Å². The molecule has 1 aromatic carbocycles. The van der Waals surface area contributed by atoms with Crippen LogP contribution in [0.2, 0.25) is 0 Å². The zero-order chi connectivity index (χ0) is 21.6. The van der Waals surface area contributed by atoms with Crippen LogP contribution in [0.25, 0.3) is 0 Å². The number of hydrogen-bond donors (Lipinski definition) is 2. The molecule has 0 saturated carbocycles. The average Bonchev–Trinajstić information content (AvgIpc) is 3.11. The van der Waals surface area contributed by atoms with Crippen molar-refractivity contribution in [1.29, 1.82) is 0 Å². The van der Waals surface area contributed by atoms with E-state index in [9.17, 15) is 18.0 Å². The van der Waals surface area contributed by atoms with Gasteiger partial charge in [-0.25, -0.2) is 22.9 Å². The summed E-state index contributed by atoms with van der Waals surface area (Å²) in [6, 6.07) is 3.71. The molecule has 2 rings (SSSR count). The molecule has 0 saturated heterocycles. The van der Waals surface area contributed by atoms with Gasteiger partial charge in [-0.2, -0.15) is 0 Å². The number of rotatable bonds is 9. The van der Waals surface area contributed by atoms with Crippen LogP contribution in [-0.4, -0.2) is 45.5 Å². The molecule has 0 aliphatic rings. The van der Waals surface area contributed by atoms with Crippen molar-refractivity contribution >= 4 is 33.2 Å². The molecule has 0 aliphatic carbocycles. The third-order valence-electron chi connectivity index (χ3n) is 3.62. The van der Waals surface area contributed by atoms with Gasteiger partial charge in [-0.1, -0.05) is 0 Å². The lowest BCUT2D eigenvalue weighted by Crippen LogP contribution is -2.30. The number of ether oxygens (including phenoxy) is 2. The highest BCUT2D eigenvalue weighted by molar-refractivity contribution is 7.89. The van der Waals surface area contributed by atoms with E-state index in [1.165, 1.54) is 36.6 Å². The molecule has 9 nitrogen and oxygen atoms in total. The Bertz CT molecular complexity index is 985. The van der Waals surface area contributed by atoms with E-state index in [4.69, 9.17) is 9.47 Å². The fourth-order valence-electron chi connectivity index (χ4n) is 2.33. The third-order valence-corrected chi connectivity index (χ3v) is 6.20. The first-order valence-corrected chi connectivity index (χ1v) is 11.0. The molecule has 0 radical (unpaired) electrons. The quantitative estimate of drug-likeness (QED) is 0.565. The molecule has 0 unspecified atom stereocenters. The summed E-state index contributed by atoms with van der Waals surface area (Å²) in [7, 11) is -0.980. The Hall–Kier alpha value is -2.50. The van der Waals surface area contributed by atoms with Crippen molar-refractivity contribution in [3.05, 3.63) is 39.8 Å². The summed E-state index contributed by atoms with van der Waals surface area (Å²) in [4.78, 5) is 27.8. The second-order valence-corrected chi connectivity index (χ2v) is 8.93. The minimum atomic E-state index is -3.87. The van der Waals surface area contributed by atoms with Crippen LogP contribution in [0.5, 0.6) is 5.75 Å². The lowest BCUT2D eigenvalue weighted by Gasteiger charge is -2.14. The SMILES string of the molecule is CNC(=O)Cc1nc(COC(=O)c2ccc(OC)c(S(=O)(=O)NC(C)C)c2)cs1. The molecule has 0 fully saturated rings. The Kier molecular flexibility index (Phi) is 7.71. The minimum absolute atomic E-state index is 0.0655. The lowest BCUT2D eigenvalue weighted by atomic mass is 10.2. The van der Waals surface area contributed by atoms with Crippen molar-refractivity contribution in [1.82, 2.24) is 15.0 Å². The van der Waals surface area contributed by atoms with Gasteiger partial charge in [-0.05, 0) is 32.0 Å². The summed E-state index contributed by atoms with van der Waals surface area (Å²) in [6.07, 6.45) is 0.150. The van der Waals surface area contributed by atoms with Gasteiger partial charge in [0.2, 0.25) is 15.9 Å².